The molecule has 2 atom stereocenters. The lowest BCUT2D eigenvalue weighted by atomic mass is 9.95. The Labute approximate surface area is 56.2 Å². The van der Waals surface area contributed by atoms with Gasteiger partial charge in [0.15, 0.2) is 0 Å². The molecule has 0 spiro atoms. The van der Waals surface area contributed by atoms with Gasteiger partial charge in [0.2, 0.25) is 0 Å². The maximum absolute atomic E-state index is 5.68. The summed E-state index contributed by atoms with van der Waals surface area (Å²) in [5.74, 6) is 0.565. The van der Waals surface area contributed by atoms with E-state index in [2.05, 4.69) is 24.3 Å². The Hall–Kier alpha value is -0.560. The topological polar surface area (TPSA) is 26.0 Å². The van der Waals surface area contributed by atoms with E-state index in [0.29, 0.717) is 12.0 Å². The van der Waals surface area contributed by atoms with Crippen molar-refractivity contribution in [2.75, 3.05) is 0 Å². The van der Waals surface area contributed by atoms with Gasteiger partial charge in [0.25, 0.3) is 0 Å². The second-order valence-corrected chi connectivity index (χ2v) is 2.57. The van der Waals surface area contributed by atoms with Crippen molar-refractivity contribution in [2.45, 2.75) is 19.4 Å². The fraction of sp³-hybridized carbons (Fsp3) is 0.500. The van der Waals surface area contributed by atoms with Crippen LogP contribution in [0.2, 0.25) is 0 Å². The molecule has 0 saturated carbocycles. The van der Waals surface area contributed by atoms with Crippen molar-refractivity contribution in [1.82, 2.24) is 0 Å². The SMILES string of the molecule is CC(N)C1C=CC=CC1. The quantitative estimate of drug-likeness (QED) is 0.561. The van der Waals surface area contributed by atoms with Crippen LogP contribution >= 0.6 is 0 Å². The third-order valence-electron chi connectivity index (χ3n) is 1.69. The van der Waals surface area contributed by atoms with Crippen LogP contribution in [0.15, 0.2) is 24.3 Å². The van der Waals surface area contributed by atoms with Gasteiger partial charge in [0.1, 0.15) is 0 Å². The summed E-state index contributed by atoms with van der Waals surface area (Å²) in [5, 5.41) is 0. The fourth-order valence-electron chi connectivity index (χ4n) is 0.990. The number of allylic oxidation sites excluding steroid dienone is 3. The van der Waals surface area contributed by atoms with Crippen molar-refractivity contribution < 1.29 is 0 Å². The summed E-state index contributed by atoms with van der Waals surface area (Å²) in [6, 6.07) is 0.297. The van der Waals surface area contributed by atoms with E-state index >= 15 is 0 Å². The summed E-state index contributed by atoms with van der Waals surface area (Å²) in [5.41, 5.74) is 5.68. The molecule has 2 unspecified atom stereocenters. The molecule has 0 aliphatic heterocycles. The van der Waals surface area contributed by atoms with Crippen LogP contribution in [0.25, 0.3) is 0 Å². The van der Waals surface area contributed by atoms with E-state index in [-0.39, 0.29) is 0 Å². The van der Waals surface area contributed by atoms with E-state index in [0.717, 1.165) is 6.42 Å². The molecule has 2 N–H and O–H groups in total. The molecular weight excluding hydrogens is 110 g/mol. The highest BCUT2D eigenvalue weighted by atomic mass is 14.6. The first-order chi connectivity index (χ1) is 4.30. The average Bonchev–Trinajstić information content (AvgIpc) is 1.90. The molecule has 1 rings (SSSR count). The second kappa shape index (κ2) is 2.83. The normalized spacial score (nSPS) is 28.4. The van der Waals surface area contributed by atoms with Gasteiger partial charge in [0, 0.05) is 6.04 Å². The minimum Gasteiger partial charge on any atom is -0.327 e. The largest absolute Gasteiger partial charge is 0.327 e. The highest BCUT2D eigenvalue weighted by Crippen LogP contribution is 2.13. The molecule has 0 bridgehead atoms. The first-order valence-electron chi connectivity index (χ1n) is 3.39. The molecule has 0 radical (unpaired) electrons. The van der Waals surface area contributed by atoms with E-state index < -0.39 is 0 Å². The van der Waals surface area contributed by atoms with Crippen LogP contribution in [0.1, 0.15) is 13.3 Å². The molecule has 1 aliphatic carbocycles. The summed E-state index contributed by atoms with van der Waals surface area (Å²) in [7, 11) is 0. The minimum absolute atomic E-state index is 0.297. The Bertz CT molecular complexity index is 134. The van der Waals surface area contributed by atoms with Gasteiger partial charge in [-0.05, 0) is 19.3 Å². The molecule has 50 valence electrons. The van der Waals surface area contributed by atoms with E-state index in [1.54, 1.807) is 0 Å². The summed E-state index contributed by atoms with van der Waals surface area (Å²) >= 11 is 0. The molecule has 0 saturated heterocycles. The van der Waals surface area contributed by atoms with Gasteiger partial charge >= 0.3 is 0 Å². The van der Waals surface area contributed by atoms with Crippen molar-refractivity contribution in [3.05, 3.63) is 24.3 Å². The smallest absolute Gasteiger partial charge is 0.00764 e. The summed E-state index contributed by atoms with van der Waals surface area (Å²) < 4.78 is 0. The van der Waals surface area contributed by atoms with E-state index in [9.17, 15) is 0 Å². The third-order valence-corrected chi connectivity index (χ3v) is 1.69. The highest BCUT2D eigenvalue weighted by Gasteiger charge is 2.08. The van der Waals surface area contributed by atoms with Crippen molar-refractivity contribution in [3.8, 4) is 0 Å². The molecule has 0 fully saturated rings. The highest BCUT2D eigenvalue weighted by molar-refractivity contribution is 5.12. The molecule has 1 aliphatic rings. The molecule has 0 heterocycles. The van der Waals surface area contributed by atoms with Crippen LogP contribution < -0.4 is 5.73 Å². The van der Waals surface area contributed by atoms with Gasteiger partial charge in [0.05, 0.1) is 0 Å². The predicted octanol–water partition coefficient (Wildman–Crippen LogP) is 1.47. The molecule has 1 heteroatoms. The van der Waals surface area contributed by atoms with Gasteiger partial charge in [-0.25, -0.2) is 0 Å². The number of hydrogen-bond acceptors (Lipinski definition) is 1. The van der Waals surface area contributed by atoms with E-state index in [4.69, 9.17) is 5.73 Å². The third kappa shape index (κ3) is 1.68. The van der Waals surface area contributed by atoms with Crippen molar-refractivity contribution >= 4 is 0 Å². The molecule has 0 aromatic rings. The Kier molecular flexibility index (Phi) is 2.06. The molecule has 9 heavy (non-hydrogen) atoms. The zero-order valence-electron chi connectivity index (χ0n) is 5.75. The predicted molar refractivity (Wildman–Crippen MR) is 40.0 cm³/mol. The molecule has 0 amide bonds. The lowest BCUT2D eigenvalue weighted by Gasteiger charge is -2.15. The minimum atomic E-state index is 0.297. The summed E-state index contributed by atoms with van der Waals surface area (Å²) in [6.07, 6.45) is 9.57. The van der Waals surface area contributed by atoms with Crippen LogP contribution in [-0.4, -0.2) is 6.04 Å². The number of hydrogen-bond donors (Lipinski definition) is 1. The monoisotopic (exact) mass is 123 g/mol. The van der Waals surface area contributed by atoms with Gasteiger partial charge in [-0.2, -0.15) is 0 Å². The summed E-state index contributed by atoms with van der Waals surface area (Å²) in [4.78, 5) is 0. The first kappa shape index (κ1) is 6.56. The maximum Gasteiger partial charge on any atom is 0.00764 e. The van der Waals surface area contributed by atoms with Crippen molar-refractivity contribution in [1.29, 1.82) is 0 Å². The number of nitrogens with two attached hydrogens (primary N) is 1. The number of rotatable bonds is 1. The molecule has 0 aromatic heterocycles. The first-order valence-corrected chi connectivity index (χ1v) is 3.39. The lowest BCUT2D eigenvalue weighted by Crippen LogP contribution is -2.25. The molecule has 1 nitrogen and oxygen atoms in total. The lowest BCUT2D eigenvalue weighted by molar-refractivity contribution is 0.538. The molecule has 0 aromatic carbocycles. The van der Waals surface area contributed by atoms with Gasteiger partial charge in [-0.3, -0.25) is 0 Å². The Morgan fingerprint density at radius 1 is 1.56 bits per heavy atom. The van der Waals surface area contributed by atoms with Crippen LogP contribution in [-0.2, 0) is 0 Å². The van der Waals surface area contributed by atoms with Crippen molar-refractivity contribution in [3.63, 3.8) is 0 Å². The fourth-order valence-corrected chi connectivity index (χ4v) is 0.990. The van der Waals surface area contributed by atoms with Crippen molar-refractivity contribution in [2.24, 2.45) is 11.7 Å². The van der Waals surface area contributed by atoms with Crippen LogP contribution in [0, 0.1) is 5.92 Å². The van der Waals surface area contributed by atoms with Crippen LogP contribution in [0.5, 0.6) is 0 Å². The average molecular weight is 123 g/mol. The maximum atomic E-state index is 5.68. The van der Waals surface area contributed by atoms with Gasteiger partial charge in [-0.15, -0.1) is 0 Å². The van der Waals surface area contributed by atoms with Crippen LogP contribution in [0.3, 0.4) is 0 Å². The zero-order chi connectivity index (χ0) is 6.69. The Morgan fingerprint density at radius 2 is 2.33 bits per heavy atom. The Morgan fingerprint density at radius 3 is 2.67 bits per heavy atom. The summed E-state index contributed by atoms with van der Waals surface area (Å²) in [6.45, 7) is 2.05. The van der Waals surface area contributed by atoms with Gasteiger partial charge < -0.3 is 5.73 Å². The van der Waals surface area contributed by atoms with Crippen LogP contribution in [0.4, 0.5) is 0 Å². The second-order valence-electron chi connectivity index (χ2n) is 2.57. The van der Waals surface area contributed by atoms with E-state index in [1.165, 1.54) is 0 Å². The molecular formula is C8H13N. The van der Waals surface area contributed by atoms with Gasteiger partial charge in [-0.1, -0.05) is 24.3 Å². The van der Waals surface area contributed by atoms with E-state index in [1.807, 2.05) is 6.92 Å². The standard InChI is InChI=1S/C8H13N/c1-7(9)8-5-3-2-4-6-8/h2-5,7-8H,6,9H2,1H3. The zero-order valence-corrected chi connectivity index (χ0v) is 5.75. The Balaban J connectivity index is 2.46.